The van der Waals surface area contributed by atoms with Crippen LogP contribution >= 0.6 is 22.9 Å². The number of aromatic nitrogens is 2. The highest BCUT2D eigenvalue weighted by Crippen LogP contribution is 2.58. The number of fused-ring (bicyclic) bond motifs is 2. The van der Waals surface area contributed by atoms with Gasteiger partial charge in [0.15, 0.2) is 10.9 Å². The molecule has 7 rings (SSSR count). The predicted octanol–water partition coefficient (Wildman–Crippen LogP) is 8.04. The zero-order valence-electron chi connectivity index (χ0n) is 33.2. The topological polar surface area (TPSA) is 157 Å². The summed E-state index contributed by atoms with van der Waals surface area (Å²) in [4.78, 5) is 66.1. The zero-order chi connectivity index (χ0) is 40.3. The van der Waals surface area contributed by atoms with Crippen molar-refractivity contribution in [1.29, 1.82) is 0 Å². The van der Waals surface area contributed by atoms with Crippen molar-refractivity contribution >= 4 is 62.6 Å². The number of amides is 1. The lowest BCUT2D eigenvalue weighted by atomic mass is 9.77. The Labute approximate surface area is 337 Å². The Kier molecular flexibility index (Phi) is 11.1. The number of nitrogens with one attached hydrogen (secondary N) is 1. The van der Waals surface area contributed by atoms with E-state index in [1.165, 1.54) is 22.7 Å². The number of carbonyl (C=O) groups excluding carboxylic acids is 3. The number of thiazole rings is 1. The van der Waals surface area contributed by atoms with Gasteiger partial charge in [-0.05, 0) is 74.8 Å². The van der Waals surface area contributed by atoms with E-state index >= 15 is 0 Å². The van der Waals surface area contributed by atoms with Gasteiger partial charge in [-0.1, -0.05) is 57.1 Å². The molecule has 3 aliphatic carbocycles. The average molecular weight is 809 g/mol. The van der Waals surface area contributed by atoms with Crippen molar-refractivity contribution in [2.24, 2.45) is 34.5 Å². The SMILES string of the molecule is CC[C@@H]1C[C@]1(CC(=O)[C@@H]1C[C@@H](Oc2cc(-c3nc(NC(C)C)sc3Cl)nc3cc(OC)ccc23)CN1C(=O)C(CC(=O)OC1C[C@@H]2C[C@@H]2C1)C(C)(C)C)C(=O)O. The van der Waals surface area contributed by atoms with Crippen LogP contribution in [0.5, 0.6) is 11.5 Å². The molecule has 3 aromatic rings. The second-order valence-electron chi connectivity index (χ2n) is 17.7. The molecule has 2 unspecified atom stereocenters. The van der Waals surface area contributed by atoms with Crippen LogP contribution in [0.4, 0.5) is 5.13 Å². The van der Waals surface area contributed by atoms with E-state index in [0.29, 0.717) is 67.9 Å². The van der Waals surface area contributed by atoms with Crippen LogP contribution < -0.4 is 14.8 Å². The molecule has 2 aromatic heterocycles. The first-order valence-corrected chi connectivity index (χ1v) is 21.0. The Morgan fingerprint density at radius 1 is 1.07 bits per heavy atom. The van der Waals surface area contributed by atoms with Gasteiger partial charge in [0, 0.05) is 36.4 Å². The van der Waals surface area contributed by atoms with Crippen LogP contribution in [0.2, 0.25) is 4.34 Å². The van der Waals surface area contributed by atoms with E-state index in [1.807, 2.05) is 47.6 Å². The summed E-state index contributed by atoms with van der Waals surface area (Å²) in [5, 5.41) is 14.9. The van der Waals surface area contributed by atoms with Crippen molar-refractivity contribution in [3.63, 3.8) is 0 Å². The third-order valence-electron chi connectivity index (χ3n) is 12.3. The largest absolute Gasteiger partial charge is 0.497 e. The molecule has 4 fully saturated rings. The van der Waals surface area contributed by atoms with Crippen molar-refractivity contribution in [2.45, 2.75) is 117 Å². The smallest absolute Gasteiger partial charge is 0.310 e. The molecular formula is C42H53ClN4O8S. The molecule has 12 nitrogen and oxygen atoms in total. The molecule has 4 aliphatic rings. The van der Waals surface area contributed by atoms with E-state index in [0.717, 1.165) is 12.8 Å². The molecule has 3 heterocycles. The van der Waals surface area contributed by atoms with E-state index in [9.17, 15) is 24.3 Å². The number of halogens is 1. The first kappa shape index (κ1) is 40.2. The lowest BCUT2D eigenvalue weighted by Crippen LogP contribution is -2.48. The van der Waals surface area contributed by atoms with Gasteiger partial charge < -0.3 is 29.5 Å². The number of esters is 1. The maximum Gasteiger partial charge on any atom is 0.310 e. The second-order valence-corrected chi connectivity index (χ2v) is 19.3. The van der Waals surface area contributed by atoms with Gasteiger partial charge in [0.25, 0.3) is 0 Å². The molecule has 1 saturated heterocycles. The number of aliphatic carboxylic acids is 1. The van der Waals surface area contributed by atoms with Gasteiger partial charge in [-0.25, -0.2) is 9.97 Å². The number of nitrogens with zero attached hydrogens (tertiary/aromatic N) is 3. The van der Waals surface area contributed by atoms with Crippen LogP contribution in [-0.2, 0) is 23.9 Å². The molecule has 0 spiro atoms. The summed E-state index contributed by atoms with van der Waals surface area (Å²) in [6, 6.07) is 6.42. The second kappa shape index (κ2) is 15.4. The third-order valence-corrected chi connectivity index (χ3v) is 13.5. The van der Waals surface area contributed by atoms with Gasteiger partial charge in [-0.2, -0.15) is 0 Å². The molecule has 1 aromatic carbocycles. The van der Waals surface area contributed by atoms with Gasteiger partial charge in [0.2, 0.25) is 5.91 Å². The Balaban J connectivity index is 1.20. The van der Waals surface area contributed by atoms with E-state index in [-0.39, 0.29) is 55.6 Å². The normalized spacial score (nSPS) is 27.2. The number of likely N-dealkylation sites (tertiary alicyclic amines) is 1. The molecule has 8 atom stereocenters. The van der Waals surface area contributed by atoms with Crippen LogP contribution in [-0.4, -0.2) is 81.5 Å². The number of rotatable bonds is 15. The molecule has 56 heavy (non-hydrogen) atoms. The van der Waals surface area contributed by atoms with E-state index < -0.39 is 40.8 Å². The number of anilines is 1. The predicted molar refractivity (Wildman–Crippen MR) is 214 cm³/mol. The molecule has 1 amide bonds. The molecule has 3 saturated carbocycles. The van der Waals surface area contributed by atoms with Crippen molar-refractivity contribution in [3.8, 4) is 22.9 Å². The summed E-state index contributed by atoms with van der Waals surface area (Å²) < 4.78 is 18.6. The number of benzene rings is 1. The molecule has 2 N–H and O–H groups in total. The summed E-state index contributed by atoms with van der Waals surface area (Å²) in [7, 11) is 1.57. The van der Waals surface area contributed by atoms with Gasteiger partial charge in [0.1, 0.15) is 33.7 Å². The highest BCUT2D eigenvalue weighted by molar-refractivity contribution is 7.20. The van der Waals surface area contributed by atoms with Gasteiger partial charge in [-0.3, -0.25) is 19.2 Å². The minimum atomic E-state index is -1.14. The average Bonchev–Trinajstić information content (AvgIpc) is 3.86. The molecule has 0 bridgehead atoms. The Hall–Kier alpha value is -3.97. The summed E-state index contributed by atoms with van der Waals surface area (Å²) in [5.74, 6) is -0.598. The minimum absolute atomic E-state index is 0.0648. The quantitative estimate of drug-likeness (QED) is 0.143. The monoisotopic (exact) mass is 808 g/mol. The first-order chi connectivity index (χ1) is 26.5. The van der Waals surface area contributed by atoms with E-state index in [4.69, 9.17) is 35.8 Å². The van der Waals surface area contributed by atoms with Gasteiger partial charge in [-0.15, -0.1) is 0 Å². The number of carboxylic acid groups (broad SMARTS) is 1. The summed E-state index contributed by atoms with van der Waals surface area (Å²) >= 11 is 8.03. The van der Waals surface area contributed by atoms with Crippen LogP contribution in [0.25, 0.3) is 22.3 Å². The highest BCUT2D eigenvalue weighted by atomic mass is 35.5. The number of hydrogen-bond donors (Lipinski definition) is 2. The zero-order valence-corrected chi connectivity index (χ0v) is 34.8. The molecular weight excluding hydrogens is 756 g/mol. The van der Waals surface area contributed by atoms with Gasteiger partial charge >= 0.3 is 11.9 Å². The number of carbonyl (C=O) groups is 4. The van der Waals surface area contributed by atoms with Crippen LogP contribution in [0.1, 0.15) is 92.9 Å². The molecule has 0 radical (unpaired) electrons. The minimum Gasteiger partial charge on any atom is -0.497 e. The Bertz CT molecular complexity index is 2020. The molecule has 302 valence electrons. The number of pyridine rings is 1. The maximum absolute atomic E-state index is 14.8. The molecule has 14 heteroatoms. The fraction of sp³-hybridized carbons (Fsp3) is 0.619. The summed E-state index contributed by atoms with van der Waals surface area (Å²) in [6.07, 6.45) is 3.13. The van der Waals surface area contributed by atoms with E-state index in [1.54, 1.807) is 25.3 Å². The molecule has 1 aliphatic heterocycles. The third kappa shape index (κ3) is 8.21. The summed E-state index contributed by atoms with van der Waals surface area (Å²) in [6.45, 7) is 11.8. The van der Waals surface area contributed by atoms with Crippen LogP contribution in [0, 0.1) is 34.5 Å². The maximum atomic E-state index is 14.8. The fourth-order valence-electron chi connectivity index (χ4n) is 8.92. The highest BCUT2D eigenvalue weighted by Gasteiger charge is 2.61. The number of methoxy groups -OCH3 is 1. The summed E-state index contributed by atoms with van der Waals surface area (Å²) in [5.41, 5.74) is -0.246. The van der Waals surface area contributed by atoms with Crippen molar-refractivity contribution < 1.29 is 38.5 Å². The first-order valence-electron chi connectivity index (χ1n) is 19.8. The van der Waals surface area contributed by atoms with Gasteiger partial charge in [0.05, 0.1) is 48.7 Å². The Morgan fingerprint density at radius 3 is 2.43 bits per heavy atom. The Morgan fingerprint density at radius 2 is 1.80 bits per heavy atom. The number of Topliss-reactive ketones (excluding diaryl/α,β-unsaturated/α-hetero) is 1. The van der Waals surface area contributed by atoms with Crippen molar-refractivity contribution in [1.82, 2.24) is 14.9 Å². The van der Waals surface area contributed by atoms with Crippen LogP contribution in [0.15, 0.2) is 24.3 Å². The number of ketones is 1. The number of ether oxygens (including phenoxy) is 3. The lowest BCUT2D eigenvalue weighted by Gasteiger charge is -2.35. The fourth-order valence-corrected chi connectivity index (χ4v) is 10.1. The number of carboxylic acids is 1. The van der Waals surface area contributed by atoms with Crippen LogP contribution in [0.3, 0.4) is 0 Å². The van der Waals surface area contributed by atoms with Crippen molar-refractivity contribution in [2.75, 3.05) is 19.0 Å². The standard InChI is InChI=1S/C42H53ClN4O8S/c1-8-24-18-42(24,39(51)52)19-33(48)32-15-27(20-47(32)38(50)29(41(4,5)6)16-35(49)55-26-12-22-11-23(22)13-26)54-34-17-31(36-37(43)56-40(46-36)44-21(2)3)45-30-14-25(53-7)9-10-28(30)34/h9-10,14,17,21-24,26-27,29,32H,8,11-13,15-16,18-20H2,1-7H3,(H,44,46)(H,51,52)/t22-,23+,24-,26?,27-,29?,32+,42-/m1/s1. The number of hydrogen-bond acceptors (Lipinski definition) is 11. The lowest BCUT2D eigenvalue weighted by molar-refractivity contribution is -0.157. The van der Waals surface area contributed by atoms with Crippen molar-refractivity contribution in [3.05, 3.63) is 28.6 Å². The van der Waals surface area contributed by atoms with E-state index in [2.05, 4.69) is 5.32 Å².